The normalized spacial score (nSPS) is 12.1. The molecule has 26 nitrogen and oxygen atoms in total. The van der Waals surface area contributed by atoms with E-state index in [1.54, 1.807) is 0 Å². The minimum absolute atomic E-state index is 0.00523. The van der Waals surface area contributed by atoms with Gasteiger partial charge in [-0.2, -0.15) is 46.7 Å². The molecule has 30 heteroatoms. The number of nitrogens with zero attached hydrogens (tertiary/aromatic N) is 6. The van der Waals surface area contributed by atoms with Crippen molar-refractivity contribution < 1.29 is 42.8 Å². The quantitative estimate of drug-likeness (QED) is 0.0264. The summed E-state index contributed by atoms with van der Waals surface area (Å²) >= 11 is 0. The van der Waals surface area contributed by atoms with E-state index >= 15 is 0 Å². The van der Waals surface area contributed by atoms with Crippen LogP contribution in [0, 0.1) is 0 Å². The predicted molar refractivity (Wildman–Crippen MR) is 254 cm³/mol. The van der Waals surface area contributed by atoms with Gasteiger partial charge in [0.2, 0.25) is 55.7 Å². The van der Waals surface area contributed by atoms with Gasteiger partial charge in [-0.25, -0.2) is 27.1 Å². The topological polar surface area (TPSA) is 431 Å². The van der Waals surface area contributed by atoms with Crippen LogP contribution in [0.2, 0.25) is 0 Å². The second-order valence-electron chi connectivity index (χ2n) is 14.2. The average molecular weight is 1010 g/mol. The maximum Gasteiger partial charge on any atom is 0.295 e. The maximum atomic E-state index is 12.7. The predicted octanol–water partition coefficient (Wildman–Crippen LogP) is 2.51. The summed E-state index contributed by atoms with van der Waals surface area (Å²) < 4.78 is 118. The van der Waals surface area contributed by atoms with E-state index in [1.807, 2.05) is 0 Å². The molecular formula is C38H44N16O10S4. The van der Waals surface area contributed by atoms with Gasteiger partial charge in [0, 0.05) is 35.8 Å². The van der Waals surface area contributed by atoms with Gasteiger partial charge in [0.1, 0.15) is 9.79 Å². The van der Waals surface area contributed by atoms with Crippen LogP contribution < -0.4 is 53.6 Å². The van der Waals surface area contributed by atoms with Gasteiger partial charge in [0.05, 0.1) is 9.79 Å². The van der Waals surface area contributed by atoms with Crippen molar-refractivity contribution >= 4 is 111 Å². The fraction of sp³-hybridized carbons (Fsp3) is 0.158. The number of hydrogen-bond acceptors (Lipinski definition) is 22. The monoisotopic (exact) mass is 1010 g/mol. The van der Waals surface area contributed by atoms with Crippen LogP contribution in [0.5, 0.6) is 0 Å². The number of hydrogen-bond donors (Lipinski definition) is 12. The van der Waals surface area contributed by atoms with Crippen molar-refractivity contribution in [2.24, 2.45) is 21.7 Å². The van der Waals surface area contributed by atoms with Crippen LogP contribution in [0.3, 0.4) is 0 Å². The lowest BCUT2D eigenvalue weighted by molar-refractivity contribution is 0.480. The van der Waals surface area contributed by atoms with E-state index in [4.69, 9.17) is 21.7 Å². The Hall–Kier alpha value is -7.00. The highest BCUT2D eigenvalue weighted by Gasteiger charge is 2.20. The zero-order chi connectivity index (χ0) is 49.3. The molecule has 2 heterocycles. The molecule has 0 atom stereocenters. The first-order chi connectivity index (χ1) is 32.1. The Kier molecular flexibility index (Phi) is 15.8. The van der Waals surface area contributed by atoms with Gasteiger partial charge in [-0.15, -0.1) is 0 Å². The highest BCUT2D eigenvalue weighted by Crippen LogP contribution is 2.29. The number of benzene rings is 4. The lowest BCUT2D eigenvalue weighted by Gasteiger charge is -2.13. The zero-order valence-electron chi connectivity index (χ0n) is 35.3. The molecule has 0 aliphatic carbocycles. The van der Waals surface area contributed by atoms with Gasteiger partial charge >= 0.3 is 0 Å². The summed E-state index contributed by atoms with van der Waals surface area (Å²) in [5.74, 6) is -0.00361. The van der Waals surface area contributed by atoms with Crippen LogP contribution in [0.1, 0.15) is 24.0 Å². The first-order valence-electron chi connectivity index (χ1n) is 19.7. The van der Waals surface area contributed by atoms with Crippen LogP contribution in [-0.2, 0) is 40.3 Å². The van der Waals surface area contributed by atoms with Gasteiger partial charge in [-0.3, -0.25) is 9.11 Å². The molecule has 2 aromatic heterocycles. The van der Waals surface area contributed by atoms with E-state index in [1.165, 1.54) is 84.9 Å². The molecule has 0 bridgehead atoms. The van der Waals surface area contributed by atoms with Gasteiger partial charge < -0.3 is 43.4 Å². The largest absolute Gasteiger partial charge is 0.354 e. The fourth-order valence-electron chi connectivity index (χ4n) is 5.84. The molecule has 6 aromatic rings. The van der Waals surface area contributed by atoms with Crippen molar-refractivity contribution in [1.29, 1.82) is 0 Å². The number of anilines is 10. The second-order valence-corrected chi connectivity index (χ2v) is 20.1. The third-order valence-electron chi connectivity index (χ3n) is 9.01. The molecular weight excluding hydrogens is 969 g/mol. The maximum absolute atomic E-state index is 12.7. The first kappa shape index (κ1) is 50.4. The molecule has 0 saturated heterocycles. The highest BCUT2D eigenvalue weighted by atomic mass is 32.2. The Bertz CT molecular complexity index is 3060. The van der Waals surface area contributed by atoms with Crippen molar-refractivity contribution in [3.8, 4) is 0 Å². The average Bonchev–Trinajstić information content (AvgIpc) is 3.25. The van der Waals surface area contributed by atoms with Crippen LogP contribution in [-0.4, -0.2) is 98.9 Å². The molecule has 0 radical (unpaired) electrons. The minimum Gasteiger partial charge on any atom is -0.354 e. The summed E-state index contributed by atoms with van der Waals surface area (Å²) in [7, 11) is -17.8. The van der Waals surface area contributed by atoms with Crippen molar-refractivity contribution in [2.75, 3.05) is 58.1 Å². The Morgan fingerprint density at radius 3 is 1.03 bits per heavy atom. The summed E-state index contributed by atoms with van der Waals surface area (Å²) in [6, 6.07) is 18.5. The molecule has 0 aliphatic heterocycles. The summed E-state index contributed by atoms with van der Waals surface area (Å²) in [5, 5.41) is 28.0. The molecule has 0 saturated carbocycles. The minimum atomic E-state index is -4.94. The fourth-order valence-corrected chi connectivity index (χ4v) is 8.29. The van der Waals surface area contributed by atoms with E-state index in [9.17, 15) is 42.8 Å². The SMILES string of the molecule is NCCCNc1nc(Nc2ccc(S(N)(=O)=O)cc2)nc(Nc2ccc(/C=C/c3ccc(Nc4nc(NCCCN)nc(Nc5ccc(S(N)(=O)=O)cc5)n4)cc3S(=O)(=O)O)c(S(=O)(=O)O)c2)n1. The van der Waals surface area contributed by atoms with Gasteiger partial charge in [-0.1, -0.05) is 24.3 Å². The van der Waals surface area contributed by atoms with Gasteiger partial charge in [0.15, 0.2) is 0 Å². The molecule has 16 N–H and O–H groups in total. The van der Waals surface area contributed by atoms with E-state index in [2.05, 4.69) is 61.8 Å². The van der Waals surface area contributed by atoms with Crippen molar-refractivity contribution in [2.45, 2.75) is 32.4 Å². The van der Waals surface area contributed by atoms with Crippen LogP contribution >= 0.6 is 0 Å². The van der Waals surface area contributed by atoms with E-state index < -0.39 is 50.1 Å². The molecule has 4 aromatic carbocycles. The molecule has 0 fully saturated rings. The van der Waals surface area contributed by atoms with Gasteiger partial charge in [-0.05, 0) is 110 Å². The number of sulfonamides is 2. The lowest BCUT2D eigenvalue weighted by atomic mass is 10.1. The van der Waals surface area contributed by atoms with Crippen molar-refractivity contribution in [1.82, 2.24) is 29.9 Å². The molecule has 0 spiro atoms. The Labute approximate surface area is 390 Å². The zero-order valence-corrected chi connectivity index (χ0v) is 38.5. The third-order valence-corrected chi connectivity index (χ3v) is 12.7. The summed E-state index contributed by atoms with van der Waals surface area (Å²) in [5.41, 5.74) is 12.0. The van der Waals surface area contributed by atoms with Gasteiger partial charge in [0.25, 0.3) is 20.2 Å². The van der Waals surface area contributed by atoms with Crippen molar-refractivity contribution in [3.05, 3.63) is 96.1 Å². The number of rotatable bonds is 22. The first-order valence-corrected chi connectivity index (χ1v) is 25.7. The molecule has 360 valence electrons. The highest BCUT2D eigenvalue weighted by molar-refractivity contribution is 7.89. The molecule has 0 amide bonds. The van der Waals surface area contributed by atoms with E-state index in [0.29, 0.717) is 50.4 Å². The summed E-state index contributed by atoms with van der Waals surface area (Å²) in [6.45, 7) is 1.50. The number of nitrogens with one attached hydrogen (secondary N) is 6. The van der Waals surface area contributed by atoms with E-state index in [-0.39, 0.29) is 68.0 Å². The smallest absolute Gasteiger partial charge is 0.295 e. The van der Waals surface area contributed by atoms with Crippen molar-refractivity contribution in [3.63, 3.8) is 0 Å². The molecule has 6 rings (SSSR count). The lowest BCUT2D eigenvalue weighted by Crippen LogP contribution is -2.13. The second kappa shape index (κ2) is 21.3. The van der Waals surface area contributed by atoms with Crippen LogP contribution in [0.25, 0.3) is 12.2 Å². The number of aromatic nitrogens is 6. The Morgan fingerprint density at radius 2 is 0.735 bits per heavy atom. The van der Waals surface area contributed by atoms with E-state index in [0.717, 1.165) is 12.1 Å². The molecule has 0 aliphatic rings. The number of nitrogens with two attached hydrogens (primary N) is 4. The molecule has 0 unspecified atom stereocenters. The third kappa shape index (κ3) is 14.3. The van der Waals surface area contributed by atoms with Crippen LogP contribution in [0.15, 0.2) is 105 Å². The summed E-state index contributed by atoms with van der Waals surface area (Å²) in [4.78, 5) is 24.5. The van der Waals surface area contributed by atoms with Crippen LogP contribution in [0.4, 0.5) is 58.4 Å². The molecule has 68 heavy (non-hydrogen) atoms. The summed E-state index contributed by atoms with van der Waals surface area (Å²) in [6.07, 6.45) is 3.53. The number of primary sulfonamides is 2. The Balaban J connectivity index is 1.26. The Morgan fingerprint density at radius 1 is 0.441 bits per heavy atom. The standard InChI is InChI=1S/C38H44N16O10S4/c39-17-1-19-43-33-49-35(45-25-9-13-29(14-10-25)65(41,55)56)53-37(51-33)47-27-7-5-23(31(21-27)67(59,60)61)3-4-24-6-8-28(22-32(24)68(62,63)64)48-38-52-34(44-20-2-18-40)50-36(54-38)46-26-11-15-30(16-12-26)66(42,57)58/h3-16,21-22H,1-2,17-20,39-40H2,(H2,41,55,56)(H2,42,57,58)(H,59,60,61)(H,62,63,64)(H3,43,45,47,49,51,53)(H3,44,46,48,50,52,54)/b4-3+.